The van der Waals surface area contributed by atoms with Gasteiger partial charge in [0.05, 0.1) is 6.61 Å². The molecule has 0 amide bonds. The van der Waals surface area contributed by atoms with Crippen molar-refractivity contribution in [2.75, 3.05) is 19.7 Å². The van der Waals surface area contributed by atoms with Crippen LogP contribution in [0.2, 0.25) is 0 Å². The fourth-order valence-corrected chi connectivity index (χ4v) is 3.08. The highest BCUT2D eigenvalue weighted by atomic mass is 32.2. The second-order valence-electron chi connectivity index (χ2n) is 7.05. The van der Waals surface area contributed by atoms with Crippen LogP contribution in [0.15, 0.2) is 34.6 Å². The van der Waals surface area contributed by atoms with E-state index in [1.807, 2.05) is 0 Å². The van der Waals surface area contributed by atoms with E-state index in [1.54, 1.807) is 11.8 Å². The van der Waals surface area contributed by atoms with Gasteiger partial charge in [-0.1, -0.05) is 46.0 Å². The molecule has 3 heteroatoms. The maximum absolute atomic E-state index is 5.93. The Balaban J connectivity index is 2.29. The van der Waals surface area contributed by atoms with Crippen LogP contribution in [0.5, 0.6) is 5.75 Å². The summed E-state index contributed by atoms with van der Waals surface area (Å²) in [7, 11) is 0. The number of ether oxygens (including phenoxy) is 1. The zero-order valence-corrected chi connectivity index (χ0v) is 17.0. The van der Waals surface area contributed by atoms with Gasteiger partial charge in [0.25, 0.3) is 0 Å². The van der Waals surface area contributed by atoms with Crippen molar-refractivity contribution in [3.05, 3.63) is 35.2 Å². The molecule has 1 aromatic carbocycles. The summed E-state index contributed by atoms with van der Waals surface area (Å²) in [6.07, 6.45) is 3.33. The lowest BCUT2D eigenvalue weighted by Gasteiger charge is -2.15. The average Bonchev–Trinajstić information content (AvgIpc) is 2.53. The van der Waals surface area contributed by atoms with Crippen molar-refractivity contribution in [3.8, 4) is 5.75 Å². The third-order valence-electron chi connectivity index (χ3n) is 4.07. The summed E-state index contributed by atoms with van der Waals surface area (Å²) in [5, 5.41) is 3.54. The summed E-state index contributed by atoms with van der Waals surface area (Å²) in [5.74, 6) is 2.38. The first kappa shape index (κ1) is 21.1. The molecule has 1 aromatic rings. The lowest BCUT2D eigenvalue weighted by atomic mass is 10.1. The molecule has 0 saturated heterocycles. The lowest BCUT2D eigenvalue weighted by molar-refractivity contribution is 0.280. The predicted octanol–water partition coefficient (Wildman–Crippen LogP) is 6.05. The molecule has 1 rings (SSSR count). The van der Waals surface area contributed by atoms with Crippen LogP contribution in [0.1, 0.15) is 52.5 Å². The highest BCUT2D eigenvalue weighted by molar-refractivity contribution is 8.03. The Hall–Kier alpha value is -0.930. The lowest BCUT2D eigenvalue weighted by Crippen LogP contribution is -2.24. The molecule has 0 aliphatic rings. The molecule has 0 radical (unpaired) electrons. The highest BCUT2D eigenvalue weighted by Crippen LogP contribution is 2.32. The number of benzene rings is 1. The second-order valence-corrected chi connectivity index (χ2v) is 8.27. The molecule has 136 valence electrons. The van der Waals surface area contributed by atoms with Crippen molar-refractivity contribution in [2.45, 2.75) is 58.8 Å². The summed E-state index contributed by atoms with van der Waals surface area (Å²) in [5.41, 5.74) is 1.26. The van der Waals surface area contributed by atoms with E-state index in [-0.39, 0.29) is 0 Å². The molecule has 0 aliphatic heterocycles. The average molecular weight is 350 g/mol. The van der Waals surface area contributed by atoms with Gasteiger partial charge < -0.3 is 10.1 Å². The van der Waals surface area contributed by atoms with Crippen LogP contribution in [0.3, 0.4) is 0 Å². The van der Waals surface area contributed by atoms with Crippen LogP contribution in [-0.4, -0.2) is 19.7 Å². The summed E-state index contributed by atoms with van der Waals surface area (Å²) < 4.78 is 5.93. The van der Waals surface area contributed by atoms with Gasteiger partial charge in [0.2, 0.25) is 0 Å². The fourth-order valence-electron chi connectivity index (χ4n) is 2.27. The van der Waals surface area contributed by atoms with Crippen LogP contribution in [0, 0.1) is 18.8 Å². The third-order valence-corrected chi connectivity index (χ3v) is 5.32. The van der Waals surface area contributed by atoms with Gasteiger partial charge >= 0.3 is 0 Å². The molecule has 0 fully saturated rings. The molecule has 2 nitrogen and oxygen atoms in total. The SMILES string of the molecule is C=C(CC)Sc1ccc(OCCC(C)CNCCC(C)C)cc1C. The Morgan fingerprint density at radius 1 is 1.25 bits per heavy atom. The number of aryl methyl sites for hydroxylation is 1. The maximum atomic E-state index is 5.93. The first-order valence-corrected chi connectivity index (χ1v) is 10.0. The summed E-state index contributed by atoms with van der Waals surface area (Å²) in [6.45, 7) is 18.1. The monoisotopic (exact) mass is 349 g/mol. The first-order chi connectivity index (χ1) is 11.4. The van der Waals surface area contributed by atoms with Crippen LogP contribution >= 0.6 is 11.8 Å². The summed E-state index contributed by atoms with van der Waals surface area (Å²) in [4.78, 5) is 2.47. The summed E-state index contributed by atoms with van der Waals surface area (Å²) >= 11 is 1.76. The number of rotatable bonds is 12. The third kappa shape index (κ3) is 8.79. The van der Waals surface area contributed by atoms with Gasteiger partial charge in [-0.15, -0.1) is 0 Å². The number of hydrogen-bond acceptors (Lipinski definition) is 3. The van der Waals surface area contributed by atoms with Crippen LogP contribution < -0.4 is 10.1 Å². The molecule has 0 aromatic heterocycles. The smallest absolute Gasteiger partial charge is 0.119 e. The maximum Gasteiger partial charge on any atom is 0.119 e. The van der Waals surface area contributed by atoms with Crippen LogP contribution in [-0.2, 0) is 0 Å². The van der Waals surface area contributed by atoms with Gasteiger partial charge in [0.1, 0.15) is 5.75 Å². The topological polar surface area (TPSA) is 21.3 Å². The molecule has 0 saturated carbocycles. The van der Waals surface area contributed by atoms with Crippen molar-refractivity contribution in [1.29, 1.82) is 0 Å². The van der Waals surface area contributed by atoms with Gasteiger partial charge in [-0.05, 0) is 79.8 Å². The van der Waals surface area contributed by atoms with E-state index in [9.17, 15) is 0 Å². The van der Waals surface area contributed by atoms with E-state index in [0.717, 1.165) is 44.2 Å². The summed E-state index contributed by atoms with van der Waals surface area (Å²) in [6, 6.07) is 6.35. The number of hydrogen-bond donors (Lipinski definition) is 1. The van der Waals surface area contributed by atoms with E-state index < -0.39 is 0 Å². The van der Waals surface area contributed by atoms with Crippen molar-refractivity contribution >= 4 is 11.8 Å². The molecule has 1 unspecified atom stereocenters. The molecule has 0 aliphatic carbocycles. The van der Waals surface area contributed by atoms with Crippen molar-refractivity contribution in [2.24, 2.45) is 11.8 Å². The van der Waals surface area contributed by atoms with E-state index in [0.29, 0.717) is 5.92 Å². The molecule has 0 spiro atoms. The Labute approximate surface area is 153 Å². The normalized spacial score (nSPS) is 12.4. The van der Waals surface area contributed by atoms with E-state index >= 15 is 0 Å². The molecular weight excluding hydrogens is 314 g/mol. The fraction of sp³-hybridized carbons (Fsp3) is 0.619. The molecule has 0 heterocycles. The van der Waals surface area contributed by atoms with Gasteiger partial charge in [0.15, 0.2) is 0 Å². The Kier molecular flexibility index (Phi) is 10.2. The molecular formula is C21H35NOS. The standard InChI is InChI=1S/C21H35NOS/c1-7-19(6)24-21-9-8-20(14-18(21)5)23-13-11-17(4)15-22-12-10-16(2)3/h8-9,14,16-17,22H,6-7,10-13,15H2,1-5H3. The largest absolute Gasteiger partial charge is 0.494 e. The van der Waals surface area contributed by atoms with Gasteiger partial charge in [-0.3, -0.25) is 0 Å². The van der Waals surface area contributed by atoms with Crippen molar-refractivity contribution in [3.63, 3.8) is 0 Å². The van der Waals surface area contributed by atoms with Crippen molar-refractivity contribution < 1.29 is 4.74 Å². The Bertz CT molecular complexity index is 499. The highest BCUT2D eigenvalue weighted by Gasteiger charge is 2.05. The quantitative estimate of drug-likeness (QED) is 0.366. The van der Waals surface area contributed by atoms with Crippen LogP contribution in [0.4, 0.5) is 0 Å². The number of allylic oxidation sites excluding steroid dienone is 1. The first-order valence-electron chi connectivity index (χ1n) is 9.22. The van der Waals surface area contributed by atoms with Gasteiger partial charge in [-0.25, -0.2) is 0 Å². The molecule has 24 heavy (non-hydrogen) atoms. The van der Waals surface area contributed by atoms with E-state index in [4.69, 9.17) is 4.74 Å². The van der Waals surface area contributed by atoms with Gasteiger partial charge in [0, 0.05) is 4.90 Å². The Morgan fingerprint density at radius 2 is 2.00 bits per heavy atom. The number of thioether (sulfide) groups is 1. The predicted molar refractivity (Wildman–Crippen MR) is 108 cm³/mol. The van der Waals surface area contributed by atoms with Gasteiger partial charge in [-0.2, -0.15) is 0 Å². The zero-order valence-electron chi connectivity index (χ0n) is 16.2. The number of nitrogens with one attached hydrogen (secondary N) is 1. The van der Waals surface area contributed by atoms with E-state index in [2.05, 4.69) is 64.7 Å². The minimum absolute atomic E-state index is 0.640. The minimum atomic E-state index is 0.640. The molecule has 0 bridgehead atoms. The second kappa shape index (κ2) is 11.6. The minimum Gasteiger partial charge on any atom is -0.494 e. The van der Waals surface area contributed by atoms with Crippen molar-refractivity contribution in [1.82, 2.24) is 5.32 Å². The zero-order chi connectivity index (χ0) is 17.9. The molecule has 1 N–H and O–H groups in total. The molecule has 1 atom stereocenters. The van der Waals surface area contributed by atoms with Crippen LogP contribution in [0.25, 0.3) is 0 Å². The Morgan fingerprint density at radius 3 is 2.62 bits per heavy atom. The van der Waals surface area contributed by atoms with E-state index in [1.165, 1.54) is 21.8 Å².